The van der Waals surface area contributed by atoms with Crippen LogP contribution in [0.3, 0.4) is 0 Å². The third kappa shape index (κ3) is 5.40. The first kappa shape index (κ1) is 16.2. The minimum atomic E-state index is -0.235. The average molecular weight is 278 g/mol. The average Bonchev–Trinajstić information content (AvgIpc) is 2.45. The number of carbonyl (C=O) groups excluding carboxylic acids is 2. The molecule has 20 heavy (non-hydrogen) atoms. The Bertz CT molecular complexity index is 443. The van der Waals surface area contributed by atoms with Crippen LogP contribution in [0.4, 0.5) is 0 Å². The van der Waals surface area contributed by atoms with E-state index >= 15 is 0 Å². The molecule has 1 amide bonds. The summed E-state index contributed by atoms with van der Waals surface area (Å²) >= 11 is 0. The van der Waals surface area contributed by atoms with Crippen LogP contribution in [0.2, 0.25) is 0 Å². The first-order valence-electron chi connectivity index (χ1n) is 6.82. The number of carbonyl (C=O) groups is 2. The fourth-order valence-electron chi connectivity index (χ4n) is 1.74. The van der Waals surface area contributed by atoms with Crippen molar-refractivity contribution in [3.05, 3.63) is 35.4 Å². The molecule has 5 nitrogen and oxygen atoms in total. The summed E-state index contributed by atoms with van der Waals surface area (Å²) in [5, 5.41) is 2.85. The largest absolute Gasteiger partial charge is 0.466 e. The predicted molar refractivity (Wildman–Crippen MR) is 77.1 cm³/mol. The normalized spacial score (nSPS) is 11.8. The Morgan fingerprint density at radius 2 is 1.95 bits per heavy atom. The lowest BCUT2D eigenvalue weighted by Gasteiger charge is -2.13. The second kappa shape index (κ2) is 8.32. The van der Waals surface area contributed by atoms with Gasteiger partial charge in [0.25, 0.3) is 5.91 Å². The smallest absolute Gasteiger partial charge is 0.305 e. The third-order valence-electron chi connectivity index (χ3n) is 2.92. The zero-order valence-electron chi connectivity index (χ0n) is 12.0. The van der Waals surface area contributed by atoms with Crippen LogP contribution in [0.25, 0.3) is 0 Å². The summed E-state index contributed by atoms with van der Waals surface area (Å²) in [7, 11) is 0. The highest BCUT2D eigenvalue weighted by atomic mass is 16.5. The van der Waals surface area contributed by atoms with Crippen LogP contribution in [-0.2, 0) is 16.1 Å². The highest BCUT2D eigenvalue weighted by Crippen LogP contribution is 2.05. The summed E-state index contributed by atoms with van der Waals surface area (Å²) < 4.78 is 4.84. The molecule has 1 aromatic rings. The van der Waals surface area contributed by atoms with Gasteiger partial charge in [0.15, 0.2) is 0 Å². The van der Waals surface area contributed by atoms with Gasteiger partial charge in [0.1, 0.15) is 0 Å². The summed E-state index contributed by atoms with van der Waals surface area (Å²) in [5.74, 6) is -0.383. The van der Waals surface area contributed by atoms with Gasteiger partial charge in [-0.15, -0.1) is 0 Å². The van der Waals surface area contributed by atoms with Crippen LogP contribution >= 0.6 is 0 Å². The second-order valence-corrected chi connectivity index (χ2v) is 4.62. The molecule has 1 aromatic carbocycles. The van der Waals surface area contributed by atoms with Crippen molar-refractivity contribution in [3.63, 3.8) is 0 Å². The third-order valence-corrected chi connectivity index (χ3v) is 2.92. The molecule has 110 valence electrons. The predicted octanol–water partition coefficient (Wildman–Crippen LogP) is 1.61. The van der Waals surface area contributed by atoms with Gasteiger partial charge in [-0.3, -0.25) is 9.59 Å². The number of nitrogens with one attached hydrogen (secondary N) is 1. The maximum absolute atomic E-state index is 12.0. The van der Waals surface area contributed by atoms with Gasteiger partial charge in [-0.05, 0) is 38.0 Å². The molecule has 1 rings (SSSR count). The van der Waals surface area contributed by atoms with Gasteiger partial charge in [0.2, 0.25) is 0 Å². The van der Waals surface area contributed by atoms with Crippen LogP contribution in [0.15, 0.2) is 24.3 Å². The Hall–Kier alpha value is -1.88. The quantitative estimate of drug-likeness (QED) is 0.742. The van der Waals surface area contributed by atoms with E-state index in [4.69, 9.17) is 10.5 Å². The first-order valence-corrected chi connectivity index (χ1v) is 6.82. The number of nitrogens with two attached hydrogens (primary N) is 1. The molecule has 0 aliphatic rings. The number of benzene rings is 1. The Labute approximate surface area is 119 Å². The molecular weight excluding hydrogens is 256 g/mol. The van der Waals surface area contributed by atoms with Gasteiger partial charge in [-0.2, -0.15) is 0 Å². The van der Waals surface area contributed by atoms with Crippen molar-refractivity contribution in [1.29, 1.82) is 0 Å². The molecule has 0 saturated heterocycles. The molecule has 0 aliphatic heterocycles. The Morgan fingerprint density at radius 1 is 1.30 bits per heavy atom. The van der Waals surface area contributed by atoms with E-state index in [0.29, 0.717) is 31.6 Å². The Kier molecular flexibility index (Phi) is 6.73. The van der Waals surface area contributed by atoms with Crippen molar-refractivity contribution in [2.24, 2.45) is 5.73 Å². The summed E-state index contributed by atoms with van der Waals surface area (Å²) in [6.07, 6.45) is 0.868. The lowest BCUT2D eigenvalue weighted by atomic mass is 10.1. The number of ether oxygens (including phenoxy) is 1. The molecule has 0 bridgehead atoms. The van der Waals surface area contributed by atoms with Crippen LogP contribution < -0.4 is 11.1 Å². The van der Waals surface area contributed by atoms with E-state index in [0.717, 1.165) is 5.56 Å². The van der Waals surface area contributed by atoms with E-state index in [1.165, 1.54) is 0 Å². The van der Waals surface area contributed by atoms with Crippen LogP contribution in [-0.4, -0.2) is 24.5 Å². The zero-order chi connectivity index (χ0) is 15.0. The van der Waals surface area contributed by atoms with Crippen molar-refractivity contribution in [1.82, 2.24) is 5.32 Å². The number of hydrogen-bond acceptors (Lipinski definition) is 4. The molecule has 1 atom stereocenters. The van der Waals surface area contributed by atoms with E-state index in [1.807, 2.05) is 19.1 Å². The number of esters is 1. The number of rotatable bonds is 7. The van der Waals surface area contributed by atoms with Gasteiger partial charge in [-0.25, -0.2) is 0 Å². The lowest BCUT2D eigenvalue weighted by Crippen LogP contribution is -2.33. The first-order chi connectivity index (χ1) is 9.56. The van der Waals surface area contributed by atoms with E-state index in [9.17, 15) is 9.59 Å². The molecule has 0 aliphatic carbocycles. The number of amides is 1. The summed E-state index contributed by atoms with van der Waals surface area (Å²) in [6, 6.07) is 7.07. The molecular formula is C15H22N2O3. The molecule has 1 unspecified atom stereocenters. The molecule has 0 spiro atoms. The van der Waals surface area contributed by atoms with Gasteiger partial charge in [-0.1, -0.05) is 12.1 Å². The highest BCUT2D eigenvalue weighted by Gasteiger charge is 2.11. The van der Waals surface area contributed by atoms with Crippen molar-refractivity contribution in [3.8, 4) is 0 Å². The van der Waals surface area contributed by atoms with Gasteiger partial charge >= 0.3 is 5.97 Å². The second-order valence-electron chi connectivity index (χ2n) is 4.62. The number of hydrogen-bond donors (Lipinski definition) is 2. The van der Waals surface area contributed by atoms with Crippen LogP contribution in [0.1, 0.15) is 42.6 Å². The minimum absolute atomic E-state index is 0.0823. The maximum atomic E-state index is 12.0. The maximum Gasteiger partial charge on any atom is 0.305 e. The molecule has 0 fully saturated rings. The van der Waals surface area contributed by atoms with Gasteiger partial charge < -0.3 is 15.8 Å². The van der Waals surface area contributed by atoms with Gasteiger partial charge in [0.05, 0.1) is 6.61 Å². The van der Waals surface area contributed by atoms with Crippen LogP contribution in [0, 0.1) is 0 Å². The monoisotopic (exact) mass is 278 g/mol. The summed E-state index contributed by atoms with van der Waals surface area (Å²) in [6.45, 7) is 4.48. The minimum Gasteiger partial charge on any atom is -0.466 e. The topological polar surface area (TPSA) is 81.4 Å². The standard InChI is InChI=1S/C15H22N2O3/c1-3-20-14(18)9-4-11(2)17-15(19)13-7-5-12(10-16)6-8-13/h5-8,11H,3-4,9-10,16H2,1-2H3,(H,17,19). The molecule has 0 radical (unpaired) electrons. The van der Waals surface area contributed by atoms with Crippen molar-refractivity contribution < 1.29 is 14.3 Å². The van der Waals surface area contributed by atoms with E-state index in [2.05, 4.69) is 5.32 Å². The summed E-state index contributed by atoms with van der Waals surface area (Å²) in [4.78, 5) is 23.2. The fourth-order valence-corrected chi connectivity index (χ4v) is 1.74. The molecule has 0 aromatic heterocycles. The molecule has 3 N–H and O–H groups in total. The Morgan fingerprint density at radius 3 is 2.50 bits per heavy atom. The fraction of sp³-hybridized carbons (Fsp3) is 0.467. The van der Waals surface area contributed by atoms with Crippen molar-refractivity contribution in [2.75, 3.05) is 6.61 Å². The van der Waals surface area contributed by atoms with Crippen LogP contribution in [0.5, 0.6) is 0 Å². The van der Waals surface area contributed by atoms with E-state index in [1.54, 1.807) is 19.1 Å². The zero-order valence-corrected chi connectivity index (χ0v) is 12.0. The van der Waals surface area contributed by atoms with Crippen molar-refractivity contribution >= 4 is 11.9 Å². The Balaban J connectivity index is 2.42. The summed E-state index contributed by atoms with van der Waals surface area (Å²) in [5.41, 5.74) is 7.08. The SMILES string of the molecule is CCOC(=O)CCC(C)NC(=O)c1ccc(CN)cc1. The highest BCUT2D eigenvalue weighted by molar-refractivity contribution is 5.94. The van der Waals surface area contributed by atoms with E-state index < -0.39 is 0 Å². The molecule has 0 saturated carbocycles. The van der Waals surface area contributed by atoms with Gasteiger partial charge in [0, 0.05) is 24.6 Å². The van der Waals surface area contributed by atoms with Crippen molar-refractivity contribution in [2.45, 2.75) is 39.3 Å². The molecule has 0 heterocycles. The van der Waals surface area contributed by atoms with E-state index in [-0.39, 0.29) is 17.9 Å². The molecule has 5 heteroatoms. The lowest BCUT2D eigenvalue weighted by molar-refractivity contribution is -0.143.